The Labute approximate surface area is 124 Å². The van der Waals surface area contributed by atoms with E-state index in [0.717, 1.165) is 24.6 Å². The molecule has 0 unspecified atom stereocenters. The maximum absolute atomic E-state index is 6.02. The normalized spacial score (nSPS) is 13.2. The van der Waals surface area contributed by atoms with E-state index in [1.807, 2.05) is 0 Å². The number of furan rings is 1. The third-order valence-electron chi connectivity index (χ3n) is 4.35. The van der Waals surface area contributed by atoms with Gasteiger partial charge in [-0.2, -0.15) is 0 Å². The number of hydrogen-bond donors (Lipinski definition) is 1. The van der Waals surface area contributed by atoms with Gasteiger partial charge in [-0.1, -0.05) is 37.3 Å². The molecule has 2 nitrogen and oxygen atoms in total. The van der Waals surface area contributed by atoms with E-state index in [0.29, 0.717) is 0 Å². The van der Waals surface area contributed by atoms with Crippen molar-refractivity contribution < 1.29 is 4.42 Å². The van der Waals surface area contributed by atoms with Gasteiger partial charge in [0.1, 0.15) is 11.5 Å². The molecule has 1 N–H and O–H groups in total. The first-order valence-electron chi connectivity index (χ1n) is 7.70. The standard InChI is InChI=1S/C19H19NO/c1-2-20-12-15-9-11-18(21-15)16-10-8-14-7-6-13-4-3-5-17(16)19(13)14/h3-5,8-11,20H,2,6-7,12H2,1H3. The summed E-state index contributed by atoms with van der Waals surface area (Å²) in [5.74, 6) is 1.97. The summed E-state index contributed by atoms with van der Waals surface area (Å²) in [7, 11) is 0. The predicted octanol–water partition coefficient (Wildman–Crippen LogP) is 4.31. The predicted molar refractivity (Wildman–Crippen MR) is 86.4 cm³/mol. The fraction of sp³-hybridized carbons (Fsp3) is 0.263. The fourth-order valence-corrected chi connectivity index (χ4v) is 3.33. The molecular formula is C19H19NO. The van der Waals surface area contributed by atoms with Gasteiger partial charge >= 0.3 is 0 Å². The number of nitrogens with one attached hydrogen (secondary N) is 1. The quantitative estimate of drug-likeness (QED) is 0.769. The smallest absolute Gasteiger partial charge is 0.134 e. The van der Waals surface area contributed by atoms with Gasteiger partial charge in [0.05, 0.1) is 6.54 Å². The van der Waals surface area contributed by atoms with Crippen LogP contribution in [0.25, 0.3) is 22.1 Å². The molecule has 1 heterocycles. The van der Waals surface area contributed by atoms with Crippen molar-refractivity contribution in [2.45, 2.75) is 26.3 Å². The molecule has 2 aromatic carbocycles. The minimum Gasteiger partial charge on any atom is -0.460 e. The van der Waals surface area contributed by atoms with Gasteiger partial charge in [-0.15, -0.1) is 0 Å². The van der Waals surface area contributed by atoms with Gasteiger partial charge < -0.3 is 9.73 Å². The molecule has 0 radical (unpaired) electrons. The zero-order chi connectivity index (χ0) is 14.2. The van der Waals surface area contributed by atoms with Crippen molar-refractivity contribution >= 4 is 10.8 Å². The SMILES string of the molecule is CCNCc1ccc(-c2ccc3c4c(cccc24)CC3)o1. The Bertz CT molecular complexity index is 790. The molecule has 21 heavy (non-hydrogen) atoms. The Morgan fingerprint density at radius 3 is 2.71 bits per heavy atom. The molecule has 0 atom stereocenters. The van der Waals surface area contributed by atoms with Crippen LogP contribution >= 0.6 is 0 Å². The van der Waals surface area contributed by atoms with Crippen LogP contribution in [0.1, 0.15) is 23.8 Å². The third-order valence-corrected chi connectivity index (χ3v) is 4.35. The van der Waals surface area contributed by atoms with Crippen molar-refractivity contribution in [2.75, 3.05) is 6.54 Å². The summed E-state index contributed by atoms with van der Waals surface area (Å²) in [5.41, 5.74) is 4.16. The Kier molecular flexibility index (Phi) is 3.04. The summed E-state index contributed by atoms with van der Waals surface area (Å²) in [6.07, 6.45) is 2.33. The van der Waals surface area contributed by atoms with E-state index in [4.69, 9.17) is 4.42 Å². The molecule has 4 rings (SSSR count). The lowest BCUT2D eigenvalue weighted by Crippen LogP contribution is -2.10. The van der Waals surface area contributed by atoms with Gasteiger partial charge in [0, 0.05) is 5.56 Å². The Balaban J connectivity index is 1.82. The number of benzene rings is 2. The van der Waals surface area contributed by atoms with Crippen molar-refractivity contribution in [3.63, 3.8) is 0 Å². The second-order valence-electron chi connectivity index (χ2n) is 5.66. The van der Waals surface area contributed by atoms with E-state index >= 15 is 0 Å². The summed E-state index contributed by atoms with van der Waals surface area (Å²) in [6, 6.07) is 15.3. The molecule has 0 saturated heterocycles. The van der Waals surface area contributed by atoms with E-state index in [1.165, 1.54) is 40.3 Å². The second-order valence-corrected chi connectivity index (χ2v) is 5.66. The topological polar surface area (TPSA) is 25.2 Å². The molecule has 0 spiro atoms. The van der Waals surface area contributed by atoms with E-state index in [9.17, 15) is 0 Å². The molecule has 0 fully saturated rings. The maximum atomic E-state index is 6.02. The van der Waals surface area contributed by atoms with Gasteiger partial charge in [0.25, 0.3) is 0 Å². The Hall–Kier alpha value is -2.06. The highest BCUT2D eigenvalue weighted by atomic mass is 16.3. The monoisotopic (exact) mass is 277 g/mol. The lowest BCUT2D eigenvalue weighted by atomic mass is 9.99. The molecule has 0 bridgehead atoms. The maximum Gasteiger partial charge on any atom is 0.134 e. The van der Waals surface area contributed by atoms with Gasteiger partial charge in [0.2, 0.25) is 0 Å². The first-order chi connectivity index (χ1) is 10.4. The van der Waals surface area contributed by atoms with Gasteiger partial charge in [0.15, 0.2) is 0 Å². The Morgan fingerprint density at radius 2 is 1.86 bits per heavy atom. The summed E-state index contributed by atoms with van der Waals surface area (Å²) >= 11 is 0. The second kappa shape index (κ2) is 5.05. The average molecular weight is 277 g/mol. The van der Waals surface area contributed by atoms with Crippen LogP contribution in [-0.2, 0) is 19.4 Å². The van der Waals surface area contributed by atoms with Crippen molar-refractivity contribution in [3.05, 3.63) is 59.4 Å². The molecule has 1 aliphatic carbocycles. The van der Waals surface area contributed by atoms with Crippen LogP contribution in [0.2, 0.25) is 0 Å². The largest absolute Gasteiger partial charge is 0.460 e. The van der Waals surface area contributed by atoms with Crippen LogP contribution < -0.4 is 5.32 Å². The summed E-state index contributed by atoms with van der Waals surface area (Å²) < 4.78 is 6.02. The summed E-state index contributed by atoms with van der Waals surface area (Å²) in [6.45, 7) is 3.85. The van der Waals surface area contributed by atoms with Crippen LogP contribution in [0.4, 0.5) is 0 Å². The van der Waals surface area contributed by atoms with Gasteiger partial charge in [-0.05, 0) is 53.4 Å². The van der Waals surface area contributed by atoms with Gasteiger partial charge in [-0.25, -0.2) is 0 Å². The lowest BCUT2D eigenvalue weighted by molar-refractivity contribution is 0.499. The molecular weight excluding hydrogens is 258 g/mol. The fourth-order valence-electron chi connectivity index (χ4n) is 3.33. The molecule has 1 aliphatic rings. The average Bonchev–Trinajstić information content (AvgIpc) is 3.14. The van der Waals surface area contributed by atoms with Crippen LogP contribution in [0.3, 0.4) is 0 Å². The molecule has 0 aliphatic heterocycles. The molecule has 1 aromatic heterocycles. The van der Waals surface area contributed by atoms with E-state index in [-0.39, 0.29) is 0 Å². The number of aryl methyl sites for hydroxylation is 2. The van der Waals surface area contributed by atoms with E-state index < -0.39 is 0 Å². The molecule has 106 valence electrons. The zero-order valence-corrected chi connectivity index (χ0v) is 12.3. The first-order valence-corrected chi connectivity index (χ1v) is 7.70. The zero-order valence-electron chi connectivity index (χ0n) is 12.3. The van der Waals surface area contributed by atoms with E-state index in [2.05, 4.69) is 54.7 Å². The highest BCUT2D eigenvalue weighted by Gasteiger charge is 2.17. The summed E-state index contributed by atoms with van der Waals surface area (Å²) in [5, 5.41) is 6.07. The summed E-state index contributed by atoms with van der Waals surface area (Å²) in [4.78, 5) is 0. The van der Waals surface area contributed by atoms with Crippen molar-refractivity contribution in [2.24, 2.45) is 0 Å². The van der Waals surface area contributed by atoms with Crippen LogP contribution in [0.5, 0.6) is 0 Å². The minimum atomic E-state index is 0.789. The minimum absolute atomic E-state index is 0.789. The molecule has 3 aromatic rings. The lowest BCUT2D eigenvalue weighted by Gasteiger charge is -2.07. The van der Waals surface area contributed by atoms with Crippen molar-refractivity contribution in [3.8, 4) is 11.3 Å². The first kappa shape index (κ1) is 12.7. The van der Waals surface area contributed by atoms with Crippen LogP contribution in [-0.4, -0.2) is 6.54 Å². The van der Waals surface area contributed by atoms with E-state index in [1.54, 1.807) is 0 Å². The molecule has 0 amide bonds. The molecule has 2 heteroatoms. The number of hydrogen-bond acceptors (Lipinski definition) is 2. The van der Waals surface area contributed by atoms with Crippen LogP contribution in [0, 0.1) is 0 Å². The molecule has 0 saturated carbocycles. The number of rotatable bonds is 4. The highest BCUT2D eigenvalue weighted by molar-refractivity contribution is 6.00. The Morgan fingerprint density at radius 1 is 1.00 bits per heavy atom. The van der Waals surface area contributed by atoms with Crippen molar-refractivity contribution in [1.82, 2.24) is 5.32 Å². The van der Waals surface area contributed by atoms with Gasteiger partial charge in [-0.3, -0.25) is 0 Å². The highest BCUT2D eigenvalue weighted by Crippen LogP contribution is 2.37. The van der Waals surface area contributed by atoms with Crippen molar-refractivity contribution in [1.29, 1.82) is 0 Å². The van der Waals surface area contributed by atoms with Crippen LogP contribution in [0.15, 0.2) is 46.9 Å². The third kappa shape index (κ3) is 2.07.